The van der Waals surface area contributed by atoms with E-state index in [2.05, 4.69) is 40.3 Å². The molecule has 0 heterocycles. The van der Waals surface area contributed by atoms with Gasteiger partial charge in [-0.3, -0.25) is 4.79 Å². The first-order valence-electron chi connectivity index (χ1n) is 6.33. The van der Waals surface area contributed by atoms with Gasteiger partial charge in [-0.2, -0.15) is 0 Å². The second kappa shape index (κ2) is 7.50. The average Bonchev–Trinajstić information content (AvgIpc) is 2.41. The fourth-order valence-electron chi connectivity index (χ4n) is 1.79. The molecule has 0 saturated carbocycles. The van der Waals surface area contributed by atoms with Crippen molar-refractivity contribution in [2.75, 3.05) is 11.1 Å². The van der Waals surface area contributed by atoms with E-state index >= 15 is 0 Å². The van der Waals surface area contributed by atoms with Crippen molar-refractivity contribution >= 4 is 39.3 Å². The highest BCUT2D eigenvalue weighted by Gasteiger charge is 2.04. The van der Waals surface area contributed by atoms with Crippen LogP contribution in [0, 0.1) is 6.92 Å². The van der Waals surface area contributed by atoms with Crippen LogP contribution in [0.1, 0.15) is 11.1 Å². The molecule has 0 aliphatic carbocycles. The number of benzene rings is 2. The van der Waals surface area contributed by atoms with Crippen LogP contribution < -0.4 is 5.32 Å². The van der Waals surface area contributed by atoms with Crippen LogP contribution in [0.15, 0.2) is 53.0 Å². The van der Waals surface area contributed by atoms with Crippen molar-refractivity contribution in [3.05, 3.63) is 64.1 Å². The molecule has 0 spiro atoms. The van der Waals surface area contributed by atoms with Crippen molar-refractivity contribution in [1.29, 1.82) is 0 Å². The Bertz CT molecular complexity index is 601. The molecule has 0 radical (unpaired) electrons. The average molecular weight is 350 g/mol. The van der Waals surface area contributed by atoms with Gasteiger partial charge in [0, 0.05) is 15.9 Å². The molecule has 0 fully saturated rings. The molecule has 0 bridgehead atoms. The number of carbonyl (C=O) groups excluding carboxylic acids is 1. The normalized spacial score (nSPS) is 10.3. The van der Waals surface area contributed by atoms with Gasteiger partial charge in [0.15, 0.2) is 0 Å². The number of thioether (sulfide) groups is 1. The van der Waals surface area contributed by atoms with E-state index in [1.807, 2.05) is 36.4 Å². The van der Waals surface area contributed by atoms with Gasteiger partial charge in [0.05, 0.1) is 5.75 Å². The van der Waals surface area contributed by atoms with Gasteiger partial charge in [0.1, 0.15) is 0 Å². The molecular weight excluding hydrogens is 334 g/mol. The SMILES string of the molecule is Cc1ccccc1CSCC(=O)Nc1cccc(Br)c1. The number of aryl methyl sites for hydroxylation is 1. The minimum absolute atomic E-state index is 0.0293. The zero-order valence-electron chi connectivity index (χ0n) is 11.2. The highest BCUT2D eigenvalue weighted by molar-refractivity contribution is 9.10. The molecule has 104 valence electrons. The Labute approximate surface area is 132 Å². The molecule has 20 heavy (non-hydrogen) atoms. The Balaban J connectivity index is 1.80. The lowest BCUT2D eigenvalue weighted by Gasteiger charge is -2.07. The van der Waals surface area contributed by atoms with Crippen LogP contribution in [0.3, 0.4) is 0 Å². The van der Waals surface area contributed by atoms with Gasteiger partial charge in [-0.15, -0.1) is 11.8 Å². The van der Waals surface area contributed by atoms with Gasteiger partial charge < -0.3 is 5.32 Å². The molecule has 0 saturated heterocycles. The number of hydrogen-bond acceptors (Lipinski definition) is 2. The van der Waals surface area contributed by atoms with Crippen LogP contribution in [-0.2, 0) is 10.5 Å². The number of halogens is 1. The summed E-state index contributed by atoms with van der Waals surface area (Å²) in [4.78, 5) is 11.9. The third kappa shape index (κ3) is 4.69. The Morgan fingerprint density at radius 3 is 2.75 bits per heavy atom. The van der Waals surface area contributed by atoms with Crippen LogP contribution in [0.4, 0.5) is 5.69 Å². The molecule has 2 rings (SSSR count). The summed E-state index contributed by atoms with van der Waals surface area (Å²) in [5.74, 6) is 1.35. The fourth-order valence-corrected chi connectivity index (χ4v) is 3.09. The van der Waals surface area contributed by atoms with Crippen LogP contribution in [-0.4, -0.2) is 11.7 Å². The number of anilines is 1. The van der Waals surface area contributed by atoms with E-state index in [4.69, 9.17) is 0 Å². The Morgan fingerprint density at radius 2 is 2.00 bits per heavy atom. The summed E-state index contributed by atoms with van der Waals surface area (Å²) in [7, 11) is 0. The van der Waals surface area contributed by atoms with E-state index < -0.39 is 0 Å². The van der Waals surface area contributed by atoms with Gasteiger partial charge >= 0.3 is 0 Å². The van der Waals surface area contributed by atoms with Gasteiger partial charge in [0.2, 0.25) is 5.91 Å². The summed E-state index contributed by atoms with van der Waals surface area (Å²) < 4.78 is 0.961. The van der Waals surface area contributed by atoms with E-state index in [-0.39, 0.29) is 5.91 Å². The van der Waals surface area contributed by atoms with Crippen molar-refractivity contribution in [1.82, 2.24) is 0 Å². The first kappa shape index (κ1) is 15.1. The summed E-state index contributed by atoms with van der Waals surface area (Å²) in [6.07, 6.45) is 0. The van der Waals surface area contributed by atoms with E-state index in [0.717, 1.165) is 15.9 Å². The first-order chi connectivity index (χ1) is 9.65. The molecule has 0 aliphatic heterocycles. The molecule has 2 aromatic rings. The second-order valence-corrected chi connectivity index (χ2v) is 6.38. The van der Waals surface area contributed by atoms with Crippen LogP contribution in [0.25, 0.3) is 0 Å². The number of amides is 1. The number of hydrogen-bond donors (Lipinski definition) is 1. The standard InChI is InChI=1S/C16H16BrNOS/c1-12-5-2-3-6-13(12)10-20-11-16(19)18-15-8-4-7-14(17)9-15/h2-9H,10-11H2,1H3,(H,18,19). The van der Waals surface area contributed by atoms with Gasteiger partial charge in [0.25, 0.3) is 0 Å². The lowest BCUT2D eigenvalue weighted by molar-refractivity contribution is -0.113. The Hall–Kier alpha value is -1.26. The molecule has 2 nitrogen and oxygen atoms in total. The van der Waals surface area contributed by atoms with Gasteiger partial charge in [-0.1, -0.05) is 46.3 Å². The molecule has 0 aliphatic rings. The molecule has 0 atom stereocenters. The quantitative estimate of drug-likeness (QED) is 0.852. The minimum Gasteiger partial charge on any atom is -0.325 e. The number of carbonyl (C=O) groups is 1. The van der Waals surface area contributed by atoms with E-state index in [1.165, 1.54) is 11.1 Å². The van der Waals surface area contributed by atoms with Crippen molar-refractivity contribution in [3.8, 4) is 0 Å². The molecule has 1 N–H and O–H groups in total. The Morgan fingerprint density at radius 1 is 1.20 bits per heavy atom. The summed E-state index contributed by atoms with van der Waals surface area (Å²) in [6, 6.07) is 15.9. The van der Waals surface area contributed by atoms with E-state index in [9.17, 15) is 4.79 Å². The Kier molecular flexibility index (Phi) is 5.68. The summed E-state index contributed by atoms with van der Waals surface area (Å²) in [5.41, 5.74) is 3.38. The van der Waals surface area contributed by atoms with Gasteiger partial charge in [-0.25, -0.2) is 0 Å². The maximum absolute atomic E-state index is 11.9. The van der Waals surface area contributed by atoms with Crippen molar-refractivity contribution < 1.29 is 4.79 Å². The zero-order valence-corrected chi connectivity index (χ0v) is 13.6. The lowest BCUT2D eigenvalue weighted by Crippen LogP contribution is -2.14. The summed E-state index contributed by atoms with van der Waals surface area (Å²) in [5, 5.41) is 2.89. The zero-order chi connectivity index (χ0) is 14.4. The summed E-state index contributed by atoms with van der Waals surface area (Å²) in [6.45, 7) is 2.09. The minimum atomic E-state index is 0.0293. The van der Waals surface area contributed by atoms with Crippen LogP contribution in [0.2, 0.25) is 0 Å². The third-order valence-electron chi connectivity index (χ3n) is 2.86. The van der Waals surface area contributed by atoms with Crippen LogP contribution in [0.5, 0.6) is 0 Å². The van der Waals surface area contributed by atoms with E-state index in [0.29, 0.717) is 5.75 Å². The van der Waals surface area contributed by atoms with Crippen molar-refractivity contribution in [3.63, 3.8) is 0 Å². The fraction of sp³-hybridized carbons (Fsp3) is 0.188. The lowest BCUT2D eigenvalue weighted by atomic mass is 10.1. The molecular formula is C16H16BrNOS. The maximum Gasteiger partial charge on any atom is 0.234 e. The number of rotatable bonds is 5. The largest absolute Gasteiger partial charge is 0.325 e. The predicted molar refractivity (Wildman–Crippen MR) is 90.1 cm³/mol. The predicted octanol–water partition coefficient (Wildman–Crippen LogP) is 4.63. The van der Waals surface area contributed by atoms with E-state index in [1.54, 1.807) is 11.8 Å². The van der Waals surface area contributed by atoms with Crippen LogP contribution >= 0.6 is 27.7 Å². The molecule has 2 aromatic carbocycles. The van der Waals surface area contributed by atoms with Gasteiger partial charge in [-0.05, 0) is 36.2 Å². The topological polar surface area (TPSA) is 29.1 Å². The molecule has 1 amide bonds. The van der Waals surface area contributed by atoms with Crippen molar-refractivity contribution in [2.24, 2.45) is 0 Å². The second-order valence-electron chi connectivity index (χ2n) is 4.48. The molecule has 0 aromatic heterocycles. The van der Waals surface area contributed by atoms with Crippen molar-refractivity contribution in [2.45, 2.75) is 12.7 Å². The molecule has 0 unspecified atom stereocenters. The summed E-state index contributed by atoms with van der Waals surface area (Å²) >= 11 is 5.02. The molecule has 4 heteroatoms. The first-order valence-corrected chi connectivity index (χ1v) is 8.27. The highest BCUT2D eigenvalue weighted by atomic mass is 79.9. The monoisotopic (exact) mass is 349 g/mol. The number of nitrogens with one attached hydrogen (secondary N) is 1. The maximum atomic E-state index is 11.9. The highest BCUT2D eigenvalue weighted by Crippen LogP contribution is 2.18. The smallest absolute Gasteiger partial charge is 0.234 e. The third-order valence-corrected chi connectivity index (χ3v) is 4.34.